The lowest BCUT2D eigenvalue weighted by Gasteiger charge is -2.55. The topological polar surface area (TPSA) is 58.2 Å². The van der Waals surface area contributed by atoms with Crippen LogP contribution in [0.5, 0.6) is 0 Å². The van der Waals surface area contributed by atoms with Gasteiger partial charge < -0.3 is 10.6 Å². The number of hydrogen-bond acceptors (Lipinski definition) is 2. The van der Waals surface area contributed by atoms with Crippen molar-refractivity contribution in [3.63, 3.8) is 0 Å². The fourth-order valence-electron chi connectivity index (χ4n) is 6.93. The van der Waals surface area contributed by atoms with Crippen LogP contribution < -0.4 is 10.6 Å². The van der Waals surface area contributed by atoms with Crippen molar-refractivity contribution >= 4 is 11.8 Å². The molecule has 4 heteroatoms. The summed E-state index contributed by atoms with van der Waals surface area (Å²) in [6, 6.07) is -0.105. The van der Waals surface area contributed by atoms with Gasteiger partial charge in [-0.25, -0.2) is 0 Å². The van der Waals surface area contributed by atoms with E-state index in [2.05, 4.69) is 24.5 Å². The van der Waals surface area contributed by atoms with E-state index < -0.39 is 6.04 Å². The Bertz CT molecular complexity index is 527. The molecule has 0 heterocycles. The molecule has 2 N–H and O–H groups in total. The number of hydrogen-bond donors (Lipinski definition) is 2. The van der Waals surface area contributed by atoms with Gasteiger partial charge in [0.25, 0.3) is 0 Å². The maximum absolute atomic E-state index is 13.4. The Morgan fingerprint density at radius 3 is 1.85 bits per heavy atom. The Kier molecular flexibility index (Phi) is 5.53. The third-order valence-electron chi connectivity index (χ3n) is 7.96. The quantitative estimate of drug-likeness (QED) is 0.709. The van der Waals surface area contributed by atoms with E-state index in [0.29, 0.717) is 0 Å². The molecule has 152 valence electrons. The second-order valence-electron chi connectivity index (χ2n) is 10.6. The number of nitrogens with one attached hydrogen (secondary N) is 2. The second kappa shape index (κ2) is 7.75. The molecule has 4 bridgehead atoms. The molecule has 0 aromatic rings. The molecule has 0 aromatic carbocycles. The average Bonchev–Trinajstić information content (AvgIpc) is 2.86. The molecular weight excluding hydrogens is 336 g/mol. The minimum Gasteiger partial charge on any atom is -0.352 e. The molecule has 5 aliphatic rings. The maximum Gasteiger partial charge on any atom is 0.243 e. The monoisotopic (exact) mass is 374 g/mol. The van der Waals surface area contributed by atoms with Gasteiger partial charge in [-0.3, -0.25) is 9.59 Å². The molecular formula is C23H38N2O2. The molecule has 5 fully saturated rings. The minimum absolute atomic E-state index is 0.0370. The molecule has 0 aliphatic heterocycles. The Labute approximate surface area is 164 Å². The van der Waals surface area contributed by atoms with E-state index in [1.54, 1.807) is 0 Å². The molecule has 0 saturated heterocycles. The van der Waals surface area contributed by atoms with E-state index in [-0.39, 0.29) is 29.2 Å². The summed E-state index contributed by atoms with van der Waals surface area (Å²) in [5.41, 5.74) is -0.176. The Balaban J connectivity index is 1.40. The lowest BCUT2D eigenvalue weighted by atomic mass is 9.49. The lowest BCUT2D eigenvalue weighted by molar-refractivity contribution is -0.149. The van der Waals surface area contributed by atoms with Crippen LogP contribution >= 0.6 is 0 Å². The van der Waals surface area contributed by atoms with E-state index in [4.69, 9.17) is 0 Å². The van der Waals surface area contributed by atoms with E-state index in [1.165, 1.54) is 44.9 Å². The van der Waals surface area contributed by atoms with Gasteiger partial charge in [0.15, 0.2) is 0 Å². The highest BCUT2D eigenvalue weighted by atomic mass is 16.2. The van der Waals surface area contributed by atoms with Crippen molar-refractivity contribution in [1.29, 1.82) is 0 Å². The summed E-state index contributed by atoms with van der Waals surface area (Å²) in [5.74, 6) is 2.58. The third-order valence-corrected chi connectivity index (χ3v) is 7.96. The van der Waals surface area contributed by atoms with Crippen molar-refractivity contribution < 1.29 is 9.59 Å². The van der Waals surface area contributed by atoms with Gasteiger partial charge in [-0.05, 0) is 75.0 Å². The zero-order valence-corrected chi connectivity index (χ0v) is 17.3. The van der Waals surface area contributed by atoms with Gasteiger partial charge in [0.1, 0.15) is 6.04 Å². The molecule has 0 radical (unpaired) electrons. The van der Waals surface area contributed by atoms with Crippen molar-refractivity contribution in [2.75, 3.05) is 0 Å². The van der Waals surface area contributed by atoms with Gasteiger partial charge in [0.05, 0.1) is 0 Å². The summed E-state index contributed by atoms with van der Waals surface area (Å²) in [6.07, 6.45) is 14.3. The summed E-state index contributed by atoms with van der Waals surface area (Å²) >= 11 is 0. The molecule has 0 unspecified atom stereocenters. The first-order valence-electron chi connectivity index (χ1n) is 11.6. The fraction of sp³-hybridized carbons (Fsp3) is 0.913. The number of carbonyl (C=O) groups excluding carboxylic acids is 2. The molecule has 0 spiro atoms. The fourth-order valence-corrected chi connectivity index (χ4v) is 6.93. The first kappa shape index (κ1) is 19.3. The smallest absolute Gasteiger partial charge is 0.243 e. The summed E-state index contributed by atoms with van der Waals surface area (Å²) in [5, 5.41) is 6.49. The zero-order chi connectivity index (χ0) is 19.0. The van der Waals surface area contributed by atoms with E-state index in [1.807, 2.05) is 0 Å². The lowest BCUT2D eigenvalue weighted by Crippen LogP contribution is -2.59. The zero-order valence-electron chi connectivity index (χ0n) is 17.3. The SMILES string of the molecule is CC(C)[C@@H](NC(=O)C12CC3CC(CC(C3)C1)C2)C(=O)NC1CCCCCC1. The number of amides is 2. The third kappa shape index (κ3) is 4.05. The van der Waals surface area contributed by atoms with Crippen LogP contribution in [0.2, 0.25) is 0 Å². The Hall–Kier alpha value is -1.06. The van der Waals surface area contributed by atoms with Gasteiger partial charge in [0, 0.05) is 11.5 Å². The second-order valence-corrected chi connectivity index (χ2v) is 10.6. The normalized spacial score (nSPS) is 37.1. The molecule has 4 nitrogen and oxygen atoms in total. The predicted octanol–water partition coefficient (Wildman–Crippen LogP) is 4.18. The summed E-state index contributed by atoms with van der Waals surface area (Å²) in [4.78, 5) is 26.4. The van der Waals surface area contributed by atoms with Crippen LogP contribution in [0.4, 0.5) is 0 Å². The minimum atomic E-state index is -0.395. The first-order chi connectivity index (χ1) is 12.9. The highest BCUT2D eigenvalue weighted by Gasteiger charge is 2.55. The predicted molar refractivity (Wildman–Crippen MR) is 107 cm³/mol. The number of carbonyl (C=O) groups is 2. The van der Waals surface area contributed by atoms with Crippen LogP contribution in [0.15, 0.2) is 0 Å². The van der Waals surface area contributed by atoms with Crippen LogP contribution in [0.3, 0.4) is 0 Å². The van der Waals surface area contributed by atoms with Crippen molar-refractivity contribution in [2.45, 2.75) is 103 Å². The molecule has 5 rings (SSSR count). The van der Waals surface area contributed by atoms with Gasteiger partial charge in [-0.15, -0.1) is 0 Å². The van der Waals surface area contributed by atoms with E-state index in [9.17, 15) is 9.59 Å². The van der Waals surface area contributed by atoms with E-state index in [0.717, 1.165) is 49.9 Å². The standard InChI is InChI=1S/C23H38N2O2/c1-15(2)20(21(26)24-19-7-5-3-4-6-8-19)25-22(27)23-12-16-9-17(13-23)11-18(10-16)14-23/h15-20H,3-14H2,1-2H3,(H,24,26)(H,25,27)/t16?,17?,18?,20-,23?/m1/s1. The van der Waals surface area contributed by atoms with Gasteiger partial charge in [-0.2, -0.15) is 0 Å². The van der Waals surface area contributed by atoms with Crippen LogP contribution in [-0.2, 0) is 9.59 Å². The molecule has 5 saturated carbocycles. The molecule has 1 atom stereocenters. The van der Waals surface area contributed by atoms with Crippen LogP contribution in [0.1, 0.15) is 90.9 Å². The first-order valence-corrected chi connectivity index (χ1v) is 11.6. The largest absolute Gasteiger partial charge is 0.352 e. The van der Waals surface area contributed by atoms with Crippen LogP contribution in [-0.4, -0.2) is 23.9 Å². The van der Waals surface area contributed by atoms with Crippen LogP contribution in [0.25, 0.3) is 0 Å². The van der Waals surface area contributed by atoms with Crippen LogP contribution in [0, 0.1) is 29.1 Å². The summed E-state index contributed by atoms with van der Waals surface area (Å²) in [6.45, 7) is 4.11. The summed E-state index contributed by atoms with van der Waals surface area (Å²) < 4.78 is 0. The highest BCUT2D eigenvalue weighted by Crippen LogP contribution is 2.60. The summed E-state index contributed by atoms with van der Waals surface area (Å²) in [7, 11) is 0. The highest BCUT2D eigenvalue weighted by molar-refractivity contribution is 5.90. The molecule has 0 aromatic heterocycles. The van der Waals surface area contributed by atoms with Crippen molar-refractivity contribution in [1.82, 2.24) is 10.6 Å². The van der Waals surface area contributed by atoms with Gasteiger partial charge in [-0.1, -0.05) is 39.5 Å². The average molecular weight is 375 g/mol. The molecule has 5 aliphatic carbocycles. The Morgan fingerprint density at radius 2 is 1.37 bits per heavy atom. The van der Waals surface area contributed by atoms with Crippen molar-refractivity contribution in [3.8, 4) is 0 Å². The van der Waals surface area contributed by atoms with Gasteiger partial charge >= 0.3 is 0 Å². The van der Waals surface area contributed by atoms with Crippen molar-refractivity contribution in [2.24, 2.45) is 29.1 Å². The van der Waals surface area contributed by atoms with Crippen molar-refractivity contribution in [3.05, 3.63) is 0 Å². The molecule has 2 amide bonds. The number of rotatable bonds is 5. The van der Waals surface area contributed by atoms with E-state index >= 15 is 0 Å². The Morgan fingerprint density at radius 1 is 0.852 bits per heavy atom. The maximum atomic E-state index is 13.4. The van der Waals surface area contributed by atoms with Gasteiger partial charge in [0.2, 0.25) is 11.8 Å². The molecule has 27 heavy (non-hydrogen) atoms.